The van der Waals surface area contributed by atoms with Gasteiger partial charge in [-0.15, -0.1) is 11.3 Å². The Bertz CT molecular complexity index is 700. The van der Waals surface area contributed by atoms with Gasteiger partial charge in [0.15, 0.2) is 0 Å². The third kappa shape index (κ3) is 3.24. The number of halogens is 2. The summed E-state index contributed by atoms with van der Waals surface area (Å²) in [5.41, 5.74) is 5.94. The van der Waals surface area contributed by atoms with Crippen molar-refractivity contribution >= 4 is 38.6 Å². The topological polar surface area (TPSA) is 72.2 Å². The second-order valence-electron chi connectivity index (χ2n) is 3.71. The Kier molecular flexibility index (Phi) is 4.10. The van der Waals surface area contributed by atoms with Crippen molar-refractivity contribution in [2.24, 2.45) is 5.73 Å². The number of sulfonamides is 1. The van der Waals surface area contributed by atoms with Crippen LogP contribution in [0.5, 0.6) is 0 Å². The lowest BCUT2D eigenvalue weighted by atomic mass is 10.3. The van der Waals surface area contributed by atoms with Gasteiger partial charge in [0.05, 0.1) is 5.69 Å². The van der Waals surface area contributed by atoms with E-state index in [-0.39, 0.29) is 21.5 Å². The number of hydrogen-bond donors (Lipinski definition) is 2. The van der Waals surface area contributed by atoms with Crippen LogP contribution in [0.3, 0.4) is 0 Å². The number of nitrogens with one attached hydrogen (secondary N) is 1. The van der Waals surface area contributed by atoms with E-state index in [1.165, 1.54) is 18.2 Å². The van der Waals surface area contributed by atoms with E-state index in [4.69, 9.17) is 17.3 Å². The van der Waals surface area contributed by atoms with Crippen molar-refractivity contribution < 1.29 is 12.8 Å². The Morgan fingerprint density at radius 2 is 2.11 bits per heavy atom. The SMILES string of the molecule is NCc1csc(S(=O)(=O)Nc2cc(Cl)ccc2F)c1. The largest absolute Gasteiger partial charge is 0.326 e. The summed E-state index contributed by atoms with van der Waals surface area (Å²) in [5.74, 6) is -0.691. The molecule has 0 saturated heterocycles. The molecule has 0 amide bonds. The first kappa shape index (κ1) is 14.3. The molecule has 19 heavy (non-hydrogen) atoms. The number of hydrogen-bond acceptors (Lipinski definition) is 4. The van der Waals surface area contributed by atoms with Crippen LogP contribution in [0, 0.1) is 5.82 Å². The minimum absolute atomic E-state index is 0.0762. The Morgan fingerprint density at radius 1 is 1.37 bits per heavy atom. The quantitative estimate of drug-likeness (QED) is 0.910. The second kappa shape index (κ2) is 5.46. The predicted octanol–water partition coefficient (Wildman–Crippen LogP) is 2.80. The third-order valence-corrected chi connectivity index (χ3v) is 5.39. The van der Waals surface area contributed by atoms with Crippen LogP contribution in [0.2, 0.25) is 5.02 Å². The fourth-order valence-corrected chi connectivity index (χ4v) is 3.82. The summed E-state index contributed by atoms with van der Waals surface area (Å²) in [6.45, 7) is 0.248. The maximum absolute atomic E-state index is 13.5. The summed E-state index contributed by atoms with van der Waals surface area (Å²) in [6, 6.07) is 5.10. The smallest absolute Gasteiger partial charge is 0.271 e. The molecule has 0 saturated carbocycles. The summed E-state index contributed by atoms with van der Waals surface area (Å²) in [6.07, 6.45) is 0. The molecule has 1 heterocycles. The van der Waals surface area contributed by atoms with Crippen molar-refractivity contribution in [1.29, 1.82) is 0 Å². The molecule has 0 bridgehead atoms. The first-order chi connectivity index (χ1) is 8.92. The van der Waals surface area contributed by atoms with Crippen LogP contribution < -0.4 is 10.5 Å². The average molecular weight is 321 g/mol. The normalized spacial score (nSPS) is 11.5. The van der Waals surface area contributed by atoms with Gasteiger partial charge in [-0.3, -0.25) is 4.72 Å². The van der Waals surface area contributed by atoms with Crippen molar-refractivity contribution in [2.45, 2.75) is 10.8 Å². The minimum atomic E-state index is -3.83. The molecule has 0 aliphatic carbocycles. The van der Waals surface area contributed by atoms with Gasteiger partial charge in [-0.25, -0.2) is 12.8 Å². The van der Waals surface area contributed by atoms with E-state index in [1.54, 1.807) is 5.38 Å². The first-order valence-electron chi connectivity index (χ1n) is 5.18. The molecular weight excluding hydrogens is 311 g/mol. The monoisotopic (exact) mass is 320 g/mol. The second-order valence-corrected chi connectivity index (χ2v) is 6.96. The van der Waals surface area contributed by atoms with Gasteiger partial charge in [0.2, 0.25) is 0 Å². The van der Waals surface area contributed by atoms with Crippen molar-refractivity contribution in [1.82, 2.24) is 0 Å². The molecule has 0 aliphatic heterocycles. The van der Waals surface area contributed by atoms with Gasteiger partial charge in [0.25, 0.3) is 10.0 Å². The highest BCUT2D eigenvalue weighted by molar-refractivity contribution is 7.94. The van der Waals surface area contributed by atoms with Crippen molar-refractivity contribution in [3.63, 3.8) is 0 Å². The molecule has 0 radical (unpaired) electrons. The predicted molar refractivity (Wildman–Crippen MR) is 74.4 cm³/mol. The molecule has 1 aromatic carbocycles. The highest BCUT2D eigenvalue weighted by atomic mass is 35.5. The number of benzene rings is 1. The standard InChI is InChI=1S/C11H10ClFN2O2S2/c12-8-1-2-9(13)10(4-8)15-19(16,17)11-3-7(5-14)6-18-11/h1-4,6,15H,5,14H2. The maximum Gasteiger partial charge on any atom is 0.271 e. The maximum atomic E-state index is 13.5. The minimum Gasteiger partial charge on any atom is -0.326 e. The van der Waals surface area contributed by atoms with Gasteiger partial charge in [0.1, 0.15) is 10.0 Å². The van der Waals surface area contributed by atoms with Crippen LogP contribution in [-0.4, -0.2) is 8.42 Å². The molecule has 0 spiro atoms. The highest BCUT2D eigenvalue weighted by Crippen LogP contribution is 2.26. The molecule has 8 heteroatoms. The molecule has 102 valence electrons. The van der Waals surface area contributed by atoms with Crippen molar-refractivity contribution in [3.8, 4) is 0 Å². The van der Waals surface area contributed by atoms with E-state index in [1.807, 2.05) is 0 Å². The average Bonchev–Trinajstić information content (AvgIpc) is 2.83. The van der Waals surface area contributed by atoms with Crippen LogP contribution in [0.1, 0.15) is 5.56 Å². The first-order valence-corrected chi connectivity index (χ1v) is 7.92. The molecule has 0 fully saturated rings. The third-order valence-electron chi connectivity index (χ3n) is 2.30. The number of anilines is 1. The highest BCUT2D eigenvalue weighted by Gasteiger charge is 2.18. The summed E-state index contributed by atoms with van der Waals surface area (Å²) in [7, 11) is -3.83. The molecule has 0 aliphatic rings. The van der Waals surface area contributed by atoms with Gasteiger partial charge in [0, 0.05) is 11.6 Å². The van der Waals surface area contributed by atoms with Crippen LogP contribution in [0.4, 0.5) is 10.1 Å². The van der Waals surface area contributed by atoms with Gasteiger partial charge < -0.3 is 5.73 Å². The Morgan fingerprint density at radius 3 is 2.74 bits per heavy atom. The molecule has 0 atom stereocenters. The van der Waals surface area contributed by atoms with E-state index in [2.05, 4.69) is 4.72 Å². The number of rotatable bonds is 4. The molecule has 2 rings (SSSR count). The van der Waals surface area contributed by atoms with E-state index in [9.17, 15) is 12.8 Å². The molecule has 0 unspecified atom stereocenters. The van der Waals surface area contributed by atoms with Gasteiger partial charge >= 0.3 is 0 Å². The van der Waals surface area contributed by atoms with Gasteiger partial charge in [-0.05, 0) is 35.2 Å². The Hall–Kier alpha value is -1.15. The zero-order chi connectivity index (χ0) is 14.0. The molecule has 3 N–H and O–H groups in total. The fraction of sp³-hybridized carbons (Fsp3) is 0.0909. The fourth-order valence-electron chi connectivity index (χ4n) is 1.37. The van der Waals surface area contributed by atoms with Gasteiger partial charge in [-0.2, -0.15) is 0 Å². The molecule has 1 aromatic heterocycles. The molecule has 4 nitrogen and oxygen atoms in total. The van der Waals surface area contributed by atoms with E-state index < -0.39 is 15.8 Å². The van der Waals surface area contributed by atoms with Crippen LogP contribution >= 0.6 is 22.9 Å². The van der Waals surface area contributed by atoms with Gasteiger partial charge in [-0.1, -0.05) is 11.6 Å². The number of nitrogens with two attached hydrogens (primary N) is 1. The van der Waals surface area contributed by atoms with E-state index in [0.717, 1.165) is 17.4 Å². The summed E-state index contributed by atoms with van der Waals surface area (Å²) >= 11 is 6.73. The molecule has 2 aromatic rings. The van der Waals surface area contributed by atoms with Crippen molar-refractivity contribution in [3.05, 3.63) is 46.0 Å². The van der Waals surface area contributed by atoms with Crippen molar-refractivity contribution in [2.75, 3.05) is 4.72 Å². The van der Waals surface area contributed by atoms with Crippen LogP contribution in [-0.2, 0) is 16.6 Å². The van der Waals surface area contributed by atoms with Crippen LogP contribution in [0.25, 0.3) is 0 Å². The van der Waals surface area contributed by atoms with E-state index >= 15 is 0 Å². The summed E-state index contributed by atoms with van der Waals surface area (Å²) in [5, 5.41) is 1.89. The Labute approximate surface area is 119 Å². The molecular formula is C11H10ClFN2O2S2. The van der Waals surface area contributed by atoms with Crippen LogP contribution in [0.15, 0.2) is 33.9 Å². The van der Waals surface area contributed by atoms with E-state index in [0.29, 0.717) is 5.56 Å². The number of thiophene rings is 1. The summed E-state index contributed by atoms with van der Waals surface area (Å²) < 4.78 is 39.8. The zero-order valence-electron chi connectivity index (χ0n) is 9.56. The lowest BCUT2D eigenvalue weighted by Crippen LogP contribution is -2.12. The zero-order valence-corrected chi connectivity index (χ0v) is 11.9. The summed E-state index contributed by atoms with van der Waals surface area (Å²) in [4.78, 5) is 0. The lowest BCUT2D eigenvalue weighted by Gasteiger charge is -2.07. The Balaban J connectivity index is 2.33. The lowest BCUT2D eigenvalue weighted by molar-refractivity contribution is 0.600.